The van der Waals surface area contributed by atoms with Crippen molar-refractivity contribution >= 4 is 0 Å². The van der Waals surface area contributed by atoms with Crippen molar-refractivity contribution in [2.45, 2.75) is 12.8 Å². The molecule has 1 aromatic rings. The van der Waals surface area contributed by atoms with Gasteiger partial charge in [-0.15, -0.1) is 0 Å². The van der Waals surface area contributed by atoms with E-state index in [1.807, 2.05) is 14.0 Å². The summed E-state index contributed by atoms with van der Waals surface area (Å²) in [4.78, 5) is 0. The molecule has 1 rings (SSSR count). The Labute approximate surface area is 77.4 Å². The molecule has 0 spiro atoms. The lowest BCUT2D eigenvalue weighted by atomic mass is 10.0. The topological polar surface area (TPSA) is 32.3 Å². The van der Waals surface area contributed by atoms with E-state index in [-0.39, 0.29) is 11.7 Å². The van der Waals surface area contributed by atoms with E-state index in [9.17, 15) is 4.39 Å². The van der Waals surface area contributed by atoms with Crippen LogP contribution in [0.25, 0.3) is 0 Å². The summed E-state index contributed by atoms with van der Waals surface area (Å²) < 4.78 is 12.7. The molecule has 0 aliphatic heterocycles. The molecule has 3 heteroatoms. The molecule has 0 aliphatic carbocycles. The second kappa shape index (κ2) is 4.23. The molecule has 72 valence electrons. The number of phenolic OH excluding ortho intramolecular Hbond substituents is 1. The SMILES string of the molecule is CNCC(C)c1ccc(F)c(O)c1. The van der Waals surface area contributed by atoms with Gasteiger partial charge in [0.2, 0.25) is 0 Å². The van der Waals surface area contributed by atoms with Crippen LogP contribution in [0.5, 0.6) is 5.75 Å². The van der Waals surface area contributed by atoms with Gasteiger partial charge in [0, 0.05) is 6.54 Å². The highest BCUT2D eigenvalue weighted by molar-refractivity contribution is 5.31. The zero-order valence-electron chi connectivity index (χ0n) is 7.84. The lowest BCUT2D eigenvalue weighted by Crippen LogP contribution is -2.14. The number of likely N-dealkylation sites (N-methyl/N-ethyl adjacent to an activating group) is 1. The first-order chi connectivity index (χ1) is 6.15. The number of rotatable bonds is 3. The molecule has 0 aromatic heterocycles. The van der Waals surface area contributed by atoms with Crippen molar-refractivity contribution in [1.82, 2.24) is 5.32 Å². The van der Waals surface area contributed by atoms with E-state index in [4.69, 9.17) is 5.11 Å². The smallest absolute Gasteiger partial charge is 0.164 e. The van der Waals surface area contributed by atoms with Crippen LogP contribution in [0.4, 0.5) is 4.39 Å². The minimum Gasteiger partial charge on any atom is -0.505 e. The normalized spacial score (nSPS) is 12.8. The summed E-state index contributed by atoms with van der Waals surface area (Å²) in [7, 11) is 1.86. The van der Waals surface area contributed by atoms with E-state index in [0.717, 1.165) is 12.1 Å². The number of hydrogen-bond donors (Lipinski definition) is 2. The predicted molar refractivity (Wildman–Crippen MR) is 50.4 cm³/mol. The number of halogens is 1. The average Bonchev–Trinajstić information content (AvgIpc) is 2.10. The Morgan fingerprint density at radius 3 is 2.77 bits per heavy atom. The highest BCUT2D eigenvalue weighted by Gasteiger charge is 2.07. The van der Waals surface area contributed by atoms with Crippen molar-refractivity contribution in [3.8, 4) is 5.75 Å². The van der Waals surface area contributed by atoms with Crippen LogP contribution in [0.15, 0.2) is 18.2 Å². The number of hydrogen-bond acceptors (Lipinski definition) is 2. The Kier molecular flexibility index (Phi) is 3.25. The Hall–Kier alpha value is -1.09. The van der Waals surface area contributed by atoms with E-state index < -0.39 is 5.82 Å². The number of phenols is 1. The van der Waals surface area contributed by atoms with Crippen LogP contribution >= 0.6 is 0 Å². The van der Waals surface area contributed by atoms with Gasteiger partial charge in [0.1, 0.15) is 0 Å². The second-order valence-electron chi connectivity index (χ2n) is 3.17. The zero-order valence-corrected chi connectivity index (χ0v) is 7.84. The maximum atomic E-state index is 12.7. The highest BCUT2D eigenvalue weighted by atomic mass is 19.1. The fraction of sp³-hybridized carbons (Fsp3) is 0.400. The monoisotopic (exact) mass is 183 g/mol. The van der Waals surface area contributed by atoms with Crippen LogP contribution in [0.1, 0.15) is 18.4 Å². The van der Waals surface area contributed by atoms with E-state index >= 15 is 0 Å². The molecular formula is C10H14FNO. The first-order valence-corrected chi connectivity index (χ1v) is 4.28. The molecule has 0 saturated carbocycles. The molecule has 2 N–H and O–H groups in total. The molecule has 13 heavy (non-hydrogen) atoms. The summed E-state index contributed by atoms with van der Waals surface area (Å²) >= 11 is 0. The van der Waals surface area contributed by atoms with Gasteiger partial charge < -0.3 is 10.4 Å². The van der Waals surface area contributed by atoms with Crippen LogP contribution in [0, 0.1) is 5.82 Å². The second-order valence-corrected chi connectivity index (χ2v) is 3.17. The quantitative estimate of drug-likeness (QED) is 0.749. The maximum Gasteiger partial charge on any atom is 0.164 e. The molecule has 0 amide bonds. The van der Waals surface area contributed by atoms with Crippen molar-refractivity contribution in [3.05, 3.63) is 29.6 Å². The molecule has 1 atom stereocenters. The lowest BCUT2D eigenvalue weighted by molar-refractivity contribution is 0.431. The lowest BCUT2D eigenvalue weighted by Gasteiger charge is -2.11. The van der Waals surface area contributed by atoms with Crippen LogP contribution < -0.4 is 5.32 Å². The van der Waals surface area contributed by atoms with E-state index in [2.05, 4.69) is 5.32 Å². The molecule has 0 fully saturated rings. The van der Waals surface area contributed by atoms with Crippen molar-refractivity contribution in [2.24, 2.45) is 0 Å². The minimum absolute atomic E-state index is 0.275. The average molecular weight is 183 g/mol. The Morgan fingerprint density at radius 1 is 1.54 bits per heavy atom. The summed E-state index contributed by atoms with van der Waals surface area (Å²) in [5.41, 5.74) is 0.938. The predicted octanol–water partition coefficient (Wildman–Crippen LogP) is 1.85. The first kappa shape index (κ1) is 9.99. The van der Waals surface area contributed by atoms with Gasteiger partial charge in [0.05, 0.1) is 0 Å². The molecule has 0 radical (unpaired) electrons. The minimum atomic E-state index is -0.569. The number of aromatic hydroxyl groups is 1. The standard InChI is InChI=1S/C10H14FNO/c1-7(6-12-2)8-3-4-9(11)10(13)5-8/h3-5,7,12-13H,6H2,1-2H3. The summed E-state index contributed by atoms with van der Waals surface area (Å²) in [5.74, 6) is -0.572. The molecule has 0 heterocycles. The molecular weight excluding hydrogens is 169 g/mol. The zero-order chi connectivity index (χ0) is 9.84. The van der Waals surface area contributed by atoms with E-state index in [1.165, 1.54) is 12.1 Å². The summed E-state index contributed by atoms with van der Waals surface area (Å²) in [6.45, 7) is 2.83. The van der Waals surface area contributed by atoms with Gasteiger partial charge in [-0.2, -0.15) is 0 Å². The first-order valence-electron chi connectivity index (χ1n) is 4.28. The van der Waals surface area contributed by atoms with Crippen molar-refractivity contribution < 1.29 is 9.50 Å². The third-order valence-corrected chi connectivity index (χ3v) is 2.05. The highest BCUT2D eigenvalue weighted by Crippen LogP contribution is 2.22. The Bertz CT molecular complexity index is 288. The molecule has 1 unspecified atom stereocenters. The Morgan fingerprint density at radius 2 is 2.23 bits per heavy atom. The number of nitrogens with one attached hydrogen (secondary N) is 1. The maximum absolute atomic E-state index is 12.7. The molecule has 0 bridgehead atoms. The van der Waals surface area contributed by atoms with Gasteiger partial charge in [-0.25, -0.2) is 4.39 Å². The van der Waals surface area contributed by atoms with Crippen LogP contribution in [0.3, 0.4) is 0 Å². The van der Waals surface area contributed by atoms with Gasteiger partial charge in [0.25, 0.3) is 0 Å². The van der Waals surface area contributed by atoms with Gasteiger partial charge in [-0.1, -0.05) is 13.0 Å². The van der Waals surface area contributed by atoms with Gasteiger partial charge >= 0.3 is 0 Å². The van der Waals surface area contributed by atoms with Gasteiger partial charge in [-0.05, 0) is 30.7 Å². The van der Waals surface area contributed by atoms with Crippen LogP contribution in [-0.2, 0) is 0 Å². The number of benzene rings is 1. The summed E-state index contributed by atoms with van der Waals surface area (Å²) in [5, 5.41) is 12.1. The van der Waals surface area contributed by atoms with Gasteiger partial charge in [-0.3, -0.25) is 0 Å². The summed E-state index contributed by atoms with van der Waals surface area (Å²) in [6.07, 6.45) is 0. The molecule has 2 nitrogen and oxygen atoms in total. The third kappa shape index (κ3) is 2.42. The van der Waals surface area contributed by atoms with Crippen molar-refractivity contribution in [3.63, 3.8) is 0 Å². The third-order valence-electron chi connectivity index (χ3n) is 2.05. The Balaban J connectivity index is 2.84. The van der Waals surface area contributed by atoms with Crippen LogP contribution in [0.2, 0.25) is 0 Å². The van der Waals surface area contributed by atoms with Crippen molar-refractivity contribution in [1.29, 1.82) is 0 Å². The fourth-order valence-electron chi connectivity index (χ4n) is 1.26. The van der Waals surface area contributed by atoms with E-state index in [1.54, 1.807) is 6.07 Å². The summed E-state index contributed by atoms with van der Waals surface area (Å²) in [6, 6.07) is 4.45. The molecule has 0 aliphatic rings. The van der Waals surface area contributed by atoms with E-state index in [0.29, 0.717) is 0 Å². The molecule has 1 aromatic carbocycles. The van der Waals surface area contributed by atoms with Gasteiger partial charge in [0.15, 0.2) is 11.6 Å². The van der Waals surface area contributed by atoms with Crippen LogP contribution in [-0.4, -0.2) is 18.7 Å². The van der Waals surface area contributed by atoms with Crippen molar-refractivity contribution in [2.75, 3.05) is 13.6 Å². The molecule has 0 saturated heterocycles. The fourth-order valence-corrected chi connectivity index (χ4v) is 1.26. The largest absolute Gasteiger partial charge is 0.505 e.